The van der Waals surface area contributed by atoms with Crippen LogP contribution in [0.15, 0.2) is 36.0 Å². The molecule has 328 valence electrons. The number of hydrogen-bond donors (Lipinski definition) is 6. The van der Waals surface area contributed by atoms with Crippen molar-refractivity contribution in [3.8, 4) is 5.75 Å². The lowest BCUT2D eigenvalue weighted by atomic mass is 10.1. The summed E-state index contributed by atoms with van der Waals surface area (Å²) in [4.78, 5) is 66.6. The molecule has 0 radical (unpaired) electrons. The van der Waals surface area contributed by atoms with Crippen LogP contribution in [0.5, 0.6) is 5.75 Å². The van der Waals surface area contributed by atoms with E-state index in [0.29, 0.717) is 115 Å². The number of nitrogens with zero attached hydrogens (tertiary/aromatic N) is 2. The van der Waals surface area contributed by atoms with Crippen molar-refractivity contribution in [1.82, 2.24) is 30.7 Å². The lowest BCUT2D eigenvalue weighted by Gasteiger charge is -2.19. The van der Waals surface area contributed by atoms with Crippen LogP contribution in [0.25, 0.3) is 4.96 Å². The van der Waals surface area contributed by atoms with Crippen LogP contribution in [0.4, 0.5) is 10.5 Å². The highest BCUT2D eigenvalue weighted by Crippen LogP contribution is 2.23. The number of aromatic nitrogens is 2. The quantitative estimate of drug-likeness (QED) is 0.0551. The molecule has 0 saturated carbocycles. The number of rotatable bonds is 29. The third-order valence-electron chi connectivity index (χ3n) is 8.07. The van der Waals surface area contributed by atoms with E-state index in [1.807, 2.05) is 11.6 Å². The van der Waals surface area contributed by atoms with Gasteiger partial charge in [-0.1, -0.05) is 0 Å². The van der Waals surface area contributed by atoms with Crippen molar-refractivity contribution in [3.63, 3.8) is 0 Å². The van der Waals surface area contributed by atoms with Gasteiger partial charge in [-0.2, -0.15) is 0 Å². The van der Waals surface area contributed by atoms with Gasteiger partial charge in [0.2, 0.25) is 11.8 Å². The third kappa shape index (κ3) is 20.1. The number of carbonyl (C=O) groups is 5. The van der Waals surface area contributed by atoms with Crippen LogP contribution in [-0.4, -0.2) is 137 Å². The Morgan fingerprint density at radius 2 is 1.44 bits per heavy atom. The summed E-state index contributed by atoms with van der Waals surface area (Å²) in [6.45, 7) is 9.73. The standard InChI is InChI=1S/C39H60N8O11S/c1-39(2,3)58-38(52)44-12-6-5-8-30(40)35(50)43-15-18-55-20-22-57-24-23-56-21-19-54-17-14-41-33(48)9-7-13-42-34(49)29-26-28(10-11-32(29)53-4)45-36(51)31-27-47-16-25-59-37(47)46-31/h10-11,16,25-27,30H,5-9,12-15,17-24,40H2,1-4H3,(H,41,48)(H,42,49)(H,43,50)(H,44,52)(H,45,51)/t30-/m1/s1. The molecule has 5 amide bonds. The first-order valence-corrected chi connectivity index (χ1v) is 20.5. The average molecular weight is 849 g/mol. The molecular formula is C39H60N8O11S. The number of amides is 5. The molecule has 1 aromatic carbocycles. The number of unbranched alkanes of at least 4 members (excludes halogenated alkanes) is 1. The number of imidazole rings is 1. The molecular weight excluding hydrogens is 789 g/mol. The van der Waals surface area contributed by atoms with Crippen LogP contribution in [0.1, 0.15) is 73.7 Å². The van der Waals surface area contributed by atoms with Crippen LogP contribution in [-0.2, 0) is 33.3 Å². The molecule has 7 N–H and O–H groups in total. The zero-order valence-electron chi connectivity index (χ0n) is 34.4. The van der Waals surface area contributed by atoms with E-state index in [0.717, 1.165) is 0 Å². The van der Waals surface area contributed by atoms with Gasteiger partial charge in [0.05, 0.1) is 71.6 Å². The molecule has 0 aliphatic heterocycles. The van der Waals surface area contributed by atoms with E-state index in [1.54, 1.807) is 43.5 Å². The zero-order valence-corrected chi connectivity index (χ0v) is 35.2. The highest BCUT2D eigenvalue weighted by molar-refractivity contribution is 7.15. The number of nitrogens with two attached hydrogens (primary N) is 1. The normalized spacial score (nSPS) is 11.8. The number of thiazole rings is 1. The van der Waals surface area contributed by atoms with Crippen molar-refractivity contribution in [2.75, 3.05) is 91.5 Å². The second kappa shape index (κ2) is 27.0. The van der Waals surface area contributed by atoms with E-state index in [1.165, 1.54) is 24.5 Å². The maximum atomic E-state index is 12.9. The molecule has 1 atom stereocenters. The molecule has 59 heavy (non-hydrogen) atoms. The van der Waals surface area contributed by atoms with Gasteiger partial charge in [-0.3, -0.25) is 23.6 Å². The van der Waals surface area contributed by atoms with Crippen LogP contribution in [0.3, 0.4) is 0 Å². The monoisotopic (exact) mass is 848 g/mol. The Morgan fingerprint density at radius 1 is 0.797 bits per heavy atom. The van der Waals surface area contributed by atoms with E-state index >= 15 is 0 Å². The number of nitrogens with one attached hydrogen (secondary N) is 5. The van der Waals surface area contributed by atoms with E-state index in [-0.39, 0.29) is 36.0 Å². The predicted octanol–water partition coefficient (Wildman–Crippen LogP) is 2.49. The molecule has 0 bridgehead atoms. The lowest BCUT2D eigenvalue weighted by molar-refractivity contribution is -0.123. The number of carbonyl (C=O) groups excluding carboxylic acids is 5. The molecule has 20 heteroatoms. The Labute approximate surface area is 348 Å². The van der Waals surface area contributed by atoms with Crippen molar-refractivity contribution < 1.29 is 52.4 Å². The average Bonchev–Trinajstić information content (AvgIpc) is 3.82. The van der Waals surface area contributed by atoms with Crippen molar-refractivity contribution in [1.29, 1.82) is 0 Å². The van der Waals surface area contributed by atoms with Gasteiger partial charge in [0, 0.05) is 56.1 Å². The topological polar surface area (TPSA) is 244 Å². The second-order valence-corrected chi connectivity index (χ2v) is 14.9. The molecule has 0 unspecified atom stereocenters. The third-order valence-corrected chi connectivity index (χ3v) is 8.84. The van der Waals surface area contributed by atoms with Crippen molar-refractivity contribution >= 4 is 51.7 Å². The van der Waals surface area contributed by atoms with E-state index < -0.39 is 29.6 Å². The molecule has 0 aliphatic carbocycles. The largest absolute Gasteiger partial charge is 0.496 e. The Balaban J connectivity index is 1.09. The maximum absolute atomic E-state index is 12.9. The minimum Gasteiger partial charge on any atom is -0.496 e. The summed E-state index contributed by atoms with van der Waals surface area (Å²) in [6, 6.07) is 4.14. The van der Waals surface area contributed by atoms with Crippen molar-refractivity contribution in [2.45, 2.75) is 64.5 Å². The second-order valence-electron chi connectivity index (χ2n) is 14.1. The van der Waals surface area contributed by atoms with Gasteiger partial charge in [-0.25, -0.2) is 9.78 Å². The van der Waals surface area contributed by atoms with Gasteiger partial charge in [0.25, 0.3) is 11.8 Å². The van der Waals surface area contributed by atoms with Crippen LogP contribution in [0.2, 0.25) is 0 Å². The van der Waals surface area contributed by atoms with E-state index in [2.05, 4.69) is 31.6 Å². The van der Waals surface area contributed by atoms with Crippen LogP contribution >= 0.6 is 11.3 Å². The summed E-state index contributed by atoms with van der Waals surface area (Å²) >= 11 is 1.42. The zero-order chi connectivity index (χ0) is 42.9. The molecule has 19 nitrogen and oxygen atoms in total. The Bertz CT molecular complexity index is 1720. The number of methoxy groups -OCH3 is 1. The van der Waals surface area contributed by atoms with Gasteiger partial charge < -0.3 is 60.7 Å². The summed E-state index contributed by atoms with van der Waals surface area (Å²) in [7, 11) is 1.45. The first kappa shape index (κ1) is 48.5. The van der Waals surface area contributed by atoms with Crippen molar-refractivity contribution in [2.24, 2.45) is 5.73 Å². The molecule has 0 aliphatic rings. The fourth-order valence-electron chi connectivity index (χ4n) is 5.16. The highest BCUT2D eigenvalue weighted by Gasteiger charge is 2.18. The van der Waals surface area contributed by atoms with E-state index in [4.69, 9.17) is 34.2 Å². The van der Waals surface area contributed by atoms with Gasteiger partial charge in [0.1, 0.15) is 17.0 Å². The molecule has 2 heterocycles. The summed E-state index contributed by atoms with van der Waals surface area (Å²) < 4.78 is 34.2. The molecule has 0 spiro atoms. The number of hydrogen-bond acceptors (Lipinski definition) is 14. The van der Waals surface area contributed by atoms with Gasteiger partial charge in [-0.15, -0.1) is 11.3 Å². The summed E-state index contributed by atoms with van der Waals surface area (Å²) in [6.07, 6.45) is 5.51. The highest BCUT2D eigenvalue weighted by atomic mass is 32.1. The molecule has 3 rings (SSSR count). The minimum absolute atomic E-state index is 0.162. The smallest absolute Gasteiger partial charge is 0.407 e. The molecule has 0 fully saturated rings. The van der Waals surface area contributed by atoms with E-state index in [9.17, 15) is 24.0 Å². The lowest BCUT2D eigenvalue weighted by Crippen LogP contribution is -2.42. The first-order chi connectivity index (χ1) is 28.4. The fourth-order valence-corrected chi connectivity index (χ4v) is 5.86. The van der Waals surface area contributed by atoms with Crippen molar-refractivity contribution in [3.05, 3.63) is 47.2 Å². The maximum Gasteiger partial charge on any atom is 0.407 e. The predicted molar refractivity (Wildman–Crippen MR) is 221 cm³/mol. The summed E-state index contributed by atoms with van der Waals surface area (Å²) in [5.74, 6) is -0.861. The molecule has 3 aromatic rings. The Morgan fingerprint density at radius 3 is 2.08 bits per heavy atom. The van der Waals surface area contributed by atoms with Gasteiger partial charge in [0.15, 0.2) is 4.96 Å². The Kier molecular flexibility index (Phi) is 22.2. The summed E-state index contributed by atoms with van der Waals surface area (Å²) in [5.41, 5.74) is 6.31. The number of benzene rings is 1. The number of alkyl carbamates (subject to hydrolysis) is 1. The first-order valence-electron chi connectivity index (χ1n) is 19.6. The number of anilines is 1. The van der Waals surface area contributed by atoms with Gasteiger partial charge in [-0.05, 0) is 64.7 Å². The SMILES string of the molecule is COc1ccc(NC(=O)c2cn3ccsc3n2)cc1C(=O)NCCCC(=O)NCCOCCOCCOCCOCCNC(=O)[C@H](N)CCCCNC(=O)OC(C)(C)C. The fraction of sp³-hybridized carbons (Fsp3) is 0.590. The molecule has 2 aromatic heterocycles. The van der Waals surface area contributed by atoms with Crippen LogP contribution < -0.4 is 37.1 Å². The minimum atomic E-state index is -0.628. The number of fused-ring (bicyclic) bond motifs is 1. The van der Waals surface area contributed by atoms with Crippen LogP contribution in [0, 0.1) is 0 Å². The Hall–Kier alpha value is -4.86. The summed E-state index contributed by atoms with van der Waals surface area (Å²) in [5, 5.41) is 15.6. The molecule has 0 saturated heterocycles. The van der Waals surface area contributed by atoms with Gasteiger partial charge >= 0.3 is 6.09 Å². The number of ether oxygens (including phenoxy) is 6.